The molecule has 0 unspecified atom stereocenters. The smallest absolute Gasteiger partial charge is 0.134 e. The van der Waals surface area contributed by atoms with Gasteiger partial charge in [-0.15, -0.1) is 11.3 Å². The van der Waals surface area contributed by atoms with E-state index in [2.05, 4.69) is 16.0 Å². The maximum Gasteiger partial charge on any atom is 0.134 e. The third kappa shape index (κ3) is 2.96. The van der Waals surface area contributed by atoms with E-state index < -0.39 is 0 Å². The lowest BCUT2D eigenvalue weighted by molar-refractivity contribution is 0.633. The van der Waals surface area contributed by atoms with Crippen LogP contribution in [0.4, 0.5) is 4.39 Å². The Kier molecular flexibility index (Phi) is 4.27. The van der Waals surface area contributed by atoms with Crippen molar-refractivity contribution in [2.75, 3.05) is 0 Å². The second-order valence-electron chi connectivity index (χ2n) is 6.55. The lowest BCUT2D eigenvalue weighted by Crippen LogP contribution is -1.96. The van der Waals surface area contributed by atoms with Gasteiger partial charge >= 0.3 is 0 Å². The highest BCUT2D eigenvalue weighted by Gasteiger charge is 2.16. The molecule has 0 atom stereocenters. The molecule has 0 aliphatic heterocycles. The molecule has 0 radical (unpaired) electrons. The van der Waals surface area contributed by atoms with Gasteiger partial charge in [-0.3, -0.25) is 9.55 Å². The van der Waals surface area contributed by atoms with Crippen LogP contribution < -0.4 is 0 Å². The van der Waals surface area contributed by atoms with Crippen LogP contribution in [-0.2, 0) is 6.42 Å². The lowest BCUT2D eigenvalue weighted by Gasteiger charge is -2.11. The molecular weight excluding hydrogens is 407 g/mol. The standard InChI is InChI=1S/C22H12ClFN4S/c23-16-8-13(5-6-25)3-4-20(16)28-12-27-19-11-26-18-10-17(24)14(9-15(18)22(19)28)21-2-1-7-29-21/h1-4,7-12H,5H2. The van der Waals surface area contributed by atoms with Crippen molar-refractivity contribution in [3.8, 4) is 22.2 Å². The summed E-state index contributed by atoms with van der Waals surface area (Å²) in [6, 6.07) is 14.7. The van der Waals surface area contributed by atoms with Gasteiger partial charge in [0.05, 0.1) is 40.4 Å². The molecule has 5 aromatic rings. The fourth-order valence-electron chi connectivity index (χ4n) is 3.46. The molecule has 0 spiro atoms. The van der Waals surface area contributed by atoms with Gasteiger partial charge in [0.15, 0.2) is 0 Å². The van der Waals surface area contributed by atoms with E-state index in [9.17, 15) is 4.39 Å². The highest BCUT2D eigenvalue weighted by Crippen LogP contribution is 2.34. The van der Waals surface area contributed by atoms with Gasteiger partial charge < -0.3 is 0 Å². The normalized spacial score (nSPS) is 11.2. The Bertz CT molecular complexity index is 1420. The van der Waals surface area contributed by atoms with Gasteiger partial charge in [0.2, 0.25) is 0 Å². The minimum Gasteiger partial charge on any atom is -0.297 e. The Labute approximate surface area is 174 Å². The maximum absolute atomic E-state index is 14.7. The fourth-order valence-corrected chi connectivity index (χ4v) is 4.50. The van der Waals surface area contributed by atoms with Gasteiger partial charge in [-0.2, -0.15) is 5.26 Å². The Morgan fingerprint density at radius 3 is 2.79 bits per heavy atom. The Morgan fingerprint density at radius 2 is 2.03 bits per heavy atom. The Morgan fingerprint density at radius 1 is 1.14 bits per heavy atom. The Balaban J connectivity index is 1.79. The molecule has 4 nitrogen and oxygen atoms in total. The van der Waals surface area contributed by atoms with E-state index in [1.54, 1.807) is 18.6 Å². The number of pyridine rings is 1. The molecule has 7 heteroatoms. The largest absolute Gasteiger partial charge is 0.297 e. The van der Waals surface area contributed by atoms with Gasteiger partial charge in [-0.1, -0.05) is 23.7 Å². The van der Waals surface area contributed by atoms with Crippen LogP contribution in [0.5, 0.6) is 0 Å². The van der Waals surface area contributed by atoms with Crippen LogP contribution in [0.2, 0.25) is 5.02 Å². The van der Waals surface area contributed by atoms with Crippen LogP contribution in [0.1, 0.15) is 5.56 Å². The molecule has 0 saturated carbocycles. The predicted octanol–water partition coefficient (Wildman–Crippen LogP) is 6.16. The zero-order valence-electron chi connectivity index (χ0n) is 14.9. The van der Waals surface area contributed by atoms with Crippen LogP contribution in [0.3, 0.4) is 0 Å². The summed E-state index contributed by atoms with van der Waals surface area (Å²) in [7, 11) is 0. The van der Waals surface area contributed by atoms with Crippen molar-refractivity contribution in [2.45, 2.75) is 6.42 Å². The van der Waals surface area contributed by atoms with E-state index >= 15 is 0 Å². The second-order valence-corrected chi connectivity index (χ2v) is 7.91. The summed E-state index contributed by atoms with van der Waals surface area (Å²) in [6.45, 7) is 0. The SMILES string of the molecule is N#CCc1ccc(-n2cnc3cnc4cc(F)c(-c5cccs5)cc4c32)c(Cl)c1. The molecule has 0 aliphatic rings. The van der Waals surface area contributed by atoms with Crippen LogP contribution in [0, 0.1) is 17.1 Å². The lowest BCUT2D eigenvalue weighted by atomic mass is 10.1. The van der Waals surface area contributed by atoms with E-state index in [1.807, 2.05) is 40.3 Å². The van der Waals surface area contributed by atoms with E-state index in [1.165, 1.54) is 17.4 Å². The summed E-state index contributed by atoms with van der Waals surface area (Å²) in [6.07, 6.45) is 3.61. The van der Waals surface area contributed by atoms with E-state index in [-0.39, 0.29) is 5.82 Å². The van der Waals surface area contributed by atoms with Crippen LogP contribution in [-0.4, -0.2) is 14.5 Å². The number of aromatic nitrogens is 3. The Hall–Kier alpha value is -3.27. The first kappa shape index (κ1) is 17.8. The molecule has 0 amide bonds. The van der Waals surface area contributed by atoms with Crippen LogP contribution >= 0.6 is 22.9 Å². The van der Waals surface area contributed by atoms with Gasteiger partial charge in [0.25, 0.3) is 0 Å². The predicted molar refractivity (Wildman–Crippen MR) is 114 cm³/mol. The highest BCUT2D eigenvalue weighted by atomic mass is 35.5. The van der Waals surface area contributed by atoms with Crippen molar-refractivity contribution in [1.29, 1.82) is 5.26 Å². The first-order valence-corrected chi connectivity index (χ1v) is 10.1. The number of nitrogens with zero attached hydrogens (tertiary/aromatic N) is 4. The number of thiophene rings is 1. The number of imidazole rings is 1. The topological polar surface area (TPSA) is 54.5 Å². The molecule has 2 aromatic carbocycles. The van der Waals surface area contributed by atoms with E-state index in [0.717, 1.165) is 27.0 Å². The average Bonchev–Trinajstić information content (AvgIpc) is 3.38. The van der Waals surface area contributed by atoms with E-state index in [4.69, 9.17) is 16.9 Å². The molecule has 0 aliphatic carbocycles. The molecular formula is C22H12ClFN4S. The van der Waals surface area contributed by atoms with E-state index in [0.29, 0.717) is 28.0 Å². The number of nitriles is 1. The summed E-state index contributed by atoms with van der Waals surface area (Å²) in [5, 5.41) is 12.1. The molecule has 140 valence electrons. The molecule has 29 heavy (non-hydrogen) atoms. The van der Waals surface area contributed by atoms with Gasteiger partial charge in [-0.25, -0.2) is 9.37 Å². The number of halogens is 2. The molecule has 0 saturated heterocycles. The quantitative estimate of drug-likeness (QED) is 0.352. The summed E-state index contributed by atoms with van der Waals surface area (Å²) in [5.41, 5.74) is 4.17. The van der Waals surface area contributed by atoms with Crippen LogP contribution in [0.25, 0.3) is 38.1 Å². The van der Waals surface area contributed by atoms with Crippen molar-refractivity contribution in [1.82, 2.24) is 14.5 Å². The third-order valence-electron chi connectivity index (χ3n) is 4.80. The first-order valence-electron chi connectivity index (χ1n) is 8.80. The van der Waals surface area contributed by atoms with Gasteiger partial charge in [0, 0.05) is 21.9 Å². The van der Waals surface area contributed by atoms with Crippen molar-refractivity contribution in [3.05, 3.63) is 76.8 Å². The van der Waals surface area contributed by atoms with Crippen molar-refractivity contribution in [2.24, 2.45) is 0 Å². The van der Waals surface area contributed by atoms with Crippen molar-refractivity contribution >= 4 is 44.9 Å². The summed E-state index contributed by atoms with van der Waals surface area (Å²) in [5.74, 6) is -0.309. The molecule has 3 heterocycles. The number of hydrogen-bond acceptors (Lipinski definition) is 4. The number of rotatable bonds is 3. The summed E-state index contributed by atoms with van der Waals surface area (Å²) in [4.78, 5) is 9.69. The van der Waals surface area contributed by atoms with Gasteiger partial charge in [0.1, 0.15) is 17.7 Å². The number of hydrogen-bond donors (Lipinski definition) is 0. The molecule has 3 aromatic heterocycles. The zero-order valence-corrected chi connectivity index (χ0v) is 16.5. The molecule has 5 rings (SSSR count). The molecule has 0 fully saturated rings. The highest BCUT2D eigenvalue weighted by molar-refractivity contribution is 7.13. The third-order valence-corrected chi connectivity index (χ3v) is 6.01. The van der Waals surface area contributed by atoms with Crippen LogP contribution in [0.15, 0.2) is 60.4 Å². The minimum atomic E-state index is -0.309. The first-order chi connectivity index (χ1) is 14.2. The molecule has 0 N–H and O–H groups in total. The number of benzene rings is 2. The summed E-state index contributed by atoms with van der Waals surface area (Å²) < 4.78 is 16.6. The fraction of sp³-hybridized carbons (Fsp3) is 0.0455. The number of fused-ring (bicyclic) bond motifs is 3. The van der Waals surface area contributed by atoms with Crippen molar-refractivity contribution < 1.29 is 4.39 Å². The average molecular weight is 419 g/mol. The zero-order chi connectivity index (χ0) is 20.0. The van der Waals surface area contributed by atoms with Gasteiger partial charge in [-0.05, 0) is 35.2 Å². The minimum absolute atomic E-state index is 0.293. The maximum atomic E-state index is 14.7. The monoisotopic (exact) mass is 418 g/mol. The molecule has 0 bridgehead atoms. The van der Waals surface area contributed by atoms with Crippen molar-refractivity contribution in [3.63, 3.8) is 0 Å². The second kappa shape index (κ2) is 6.96. The summed E-state index contributed by atoms with van der Waals surface area (Å²) >= 11 is 8.00.